The van der Waals surface area contributed by atoms with Crippen LogP contribution < -0.4 is 5.73 Å². The zero-order valence-corrected chi connectivity index (χ0v) is 14.9. The number of hydrogen-bond acceptors (Lipinski definition) is 7. The molecule has 1 saturated heterocycles. The first-order valence-electron chi connectivity index (χ1n) is 7.91. The number of piperidine rings is 1. The molecule has 1 fully saturated rings. The van der Waals surface area contributed by atoms with Gasteiger partial charge in [-0.05, 0) is 30.5 Å². The van der Waals surface area contributed by atoms with Crippen LogP contribution in [0.2, 0.25) is 0 Å². The van der Waals surface area contributed by atoms with Crippen molar-refractivity contribution in [3.8, 4) is 0 Å². The number of nitrogens with two attached hydrogens (primary N) is 1. The second-order valence-corrected chi connectivity index (χ2v) is 7.33. The number of likely N-dealkylation sites (tertiary alicyclic amines) is 1. The van der Waals surface area contributed by atoms with Crippen molar-refractivity contribution >= 4 is 34.6 Å². The standard InChI is InChI=1S/C16H19N3O6S/c1-10(20)26-13-6-7-14(15(17)21)18(8-13)16(22)25-9-11-2-4-12(5-3-11)19(23)24/h2-5,13-14H,6-9H2,1H3,(H2,17,21)/t13-,14-/m0/s1. The maximum atomic E-state index is 12.4. The molecule has 0 bridgehead atoms. The summed E-state index contributed by atoms with van der Waals surface area (Å²) in [4.78, 5) is 46.6. The zero-order valence-electron chi connectivity index (χ0n) is 14.1. The molecule has 10 heteroatoms. The molecule has 1 aliphatic rings. The molecule has 2 N–H and O–H groups in total. The lowest BCUT2D eigenvalue weighted by atomic mass is 10.0. The molecule has 0 aromatic heterocycles. The molecular weight excluding hydrogens is 362 g/mol. The van der Waals surface area contributed by atoms with Crippen molar-refractivity contribution in [1.29, 1.82) is 0 Å². The second kappa shape index (κ2) is 8.65. The fraction of sp³-hybridized carbons (Fsp3) is 0.438. The highest BCUT2D eigenvalue weighted by atomic mass is 32.2. The normalized spacial score (nSPS) is 19.7. The van der Waals surface area contributed by atoms with Crippen molar-refractivity contribution < 1.29 is 24.0 Å². The van der Waals surface area contributed by atoms with E-state index in [-0.39, 0.29) is 29.2 Å². The maximum absolute atomic E-state index is 12.4. The van der Waals surface area contributed by atoms with E-state index in [2.05, 4.69) is 0 Å². The summed E-state index contributed by atoms with van der Waals surface area (Å²) < 4.78 is 5.22. The molecule has 140 valence electrons. The summed E-state index contributed by atoms with van der Waals surface area (Å²) in [6, 6.07) is 4.83. The summed E-state index contributed by atoms with van der Waals surface area (Å²) in [6.45, 7) is 1.54. The highest BCUT2D eigenvalue weighted by Gasteiger charge is 2.36. The van der Waals surface area contributed by atoms with Crippen molar-refractivity contribution in [3.63, 3.8) is 0 Å². The second-order valence-electron chi connectivity index (χ2n) is 5.86. The number of carbonyl (C=O) groups excluding carboxylic acids is 3. The predicted molar refractivity (Wildman–Crippen MR) is 94.3 cm³/mol. The van der Waals surface area contributed by atoms with Gasteiger partial charge in [0, 0.05) is 30.9 Å². The fourth-order valence-electron chi connectivity index (χ4n) is 2.71. The highest BCUT2D eigenvalue weighted by molar-refractivity contribution is 8.14. The van der Waals surface area contributed by atoms with Crippen molar-refractivity contribution in [3.05, 3.63) is 39.9 Å². The van der Waals surface area contributed by atoms with E-state index >= 15 is 0 Å². The van der Waals surface area contributed by atoms with Crippen LogP contribution in [0.3, 0.4) is 0 Å². The Labute approximate surface area is 154 Å². The first kappa shape index (κ1) is 19.7. The quantitative estimate of drug-likeness (QED) is 0.607. The molecule has 1 heterocycles. The van der Waals surface area contributed by atoms with Crippen LogP contribution in [0.4, 0.5) is 10.5 Å². The number of hydrogen-bond donors (Lipinski definition) is 1. The van der Waals surface area contributed by atoms with Crippen LogP contribution in [0.25, 0.3) is 0 Å². The summed E-state index contributed by atoms with van der Waals surface area (Å²) in [7, 11) is 0. The molecule has 0 radical (unpaired) electrons. The predicted octanol–water partition coefficient (Wildman–Crippen LogP) is 1.83. The Morgan fingerprint density at radius 2 is 1.96 bits per heavy atom. The van der Waals surface area contributed by atoms with Gasteiger partial charge in [-0.15, -0.1) is 0 Å². The average molecular weight is 381 g/mol. The lowest BCUT2D eigenvalue weighted by molar-refractivity contribution is -0.384. The van der Waals surface area contributed by atoms with Crippen LogP contribution in [0.15, 0.2) is 24.3 Å². The third-order valence-corrected chi connectivity index (χ3v) is 4.99. The Morgan fingerprint density at radius 3 is 2.50 bits per heavy atom. The van der Waals surface area contributed by atoms with Gasteiger partial charge in [0.05, 0.1) is 4.92 Å². The van der Waals surface area contributed by atoms with Crippen molar-refractivity contribution in [1.82, 2.24) is 4.90 Å². The molecule has 0 aliphatic carbocycles. The van der Waals surface area contributed by atoms with E-state index in [1.54, 1.807) is 0 Å². The number of primary amides is 1. The number of nitrogens with zero attached hydrogens (tertiary/aromatic N) is 2. The Morgan fingerprint density at radius 1 is 1.31 bits per heavy atom. The molecular formula is C16H19N3O6S. The van der Waals surface area contributed by atoms with Gasteiger partial charge in [0.2, 0.25) is 5.91 Å². The van der Waals surface area contributed by atoms with Crippen LogP contribution in [-0.2, 0) is 20.9 Å². The SMILES string of the molecule is CC(=O)S[C@H]1CC[C@@H](C(N)=O)N(C(=O)OCc2ccc([N+](=O)[O-])cc2)C1. The summed E-state index contributed by atoms with van der Waals surface area (Å²) in [5.41, 5.74) is 5.88. The first-order valence-corrected chi connectivity index (χ1v) is 8.79. The van der Waals surface area contributed by atoms with Crippen LogP contribution in [0.1, 0.15) is 25.3 Å². The van der Waals surface area contributed by atoms with Crippen LogP contribution >= 0.6 is 11.8 Å². The molecule has 1 aliphatic heterocycles. The fourth-order valence-corrected chi connectivity index (χ4v) is 3.67. The topological polar surface area (TPSA) is 133 Å². The smallest absolute Gasteiger partial charge is 0.410 e. The van der Waals surface area contributed by atoms with Crippen LogP contribution in [0.5, 0.6) is 0 Å². The Hall–Kier alpha value is -2.62. The molecule has 26 heavy (non-hydrogen) atoms. The van der Waals surface area contributed by atoms with E-state index in [0.29, 0.717) is 18.4 Å². The molecule has 0 unspecified atom stereocenters. The number of benzene rings is 1. The van der Waals surface area contributed by atoms with Gasteiger partial charge >= 0.3 is 6.09 Å². The minimum Gasteiger partial charge on any atom is -0.445 e. The van der Waals surface area contributed by atoms with E-state index < -0.39 is 23.0 Å². The van der Waals surface area contributed by atoms with Gasteiger partial charge in [-0.3, -0.25) is 24.6 Å². The van der Waals surface area contributed by atoms with Crippen LogP contribution in [0, 0.1) is 10.1 Å². The Balaban J connectivity index is 2.00. The summed E-state index contributed by atoms with van der Waals surface area (Å²) in [5.74, 6) is -0.622. The average Bonchev–Trinajstić information content (AvgIpc) is 2.59. The van der Waals surface area contributed by atoms with Gasteiger partial charge < -0.3 is 10.5 Å². The largest absolute Gasteiger partial charge is 0.445 e. The number of carbonyl (C=O) groups is 3. The molecule has 1 aromatic carbocycles. The third-order valence-electron chi connectivity index (χ3n) is 3.94. The first-order chi connectivity index (χ1) is 12.3. The van der Waals surface area contributed by atoms with E-state index in [0.717, 1.165) is 11.8 Å². The molecule has 9 nitrogen and oxygen atoms in total. The van der Waals surface area contributed by atoms with Gasteiger partial charge in [-0.2, -0.15) is 0 Å². The minimum atomic E-state index is -0.775. The number of amides is 2. The number of ether oxygens (including phenoxy) is 1. The third kappa shape index (κ3) is 5.19. The minimum absolute atomic E-state index is 0.0611. The number of nitro groups is 1. The van der Waals surface area contributed by atoms with E-state index in [1.165, 1.54) is 36.1 Å². The molecule has 2 rings (SSSR count). The molecule has 2 atom stereocenters. The van der Waals surface area contributed by atoms with Crippen molar-refractivity contribution in [2.24, 2.45) is 5.73 Å². The number of non-ortho nitro benzene ring substituents is 1. The van der Waals surface area contributed by atoms with Gasteiger partial charge in [-0.1, -0.05) is 11.8 Å². The van der Waals surface area contributed by atoms with Gasteiger partial charge in [0.1, 0.15) is 12.6 Å². The highest BCUT2D eigenvalue weighted by Crippen LogP contribution is 2.27. The molecule has 2 amide bonds. The van der Waals surface area contributed by atoms with E-state index in [1.807, 2.05) is 0 Å². The number of thioether (sulfide) groups is 1. The summed E-state index contributed by atoms with van der Waals surface area (Å²) in [6.07, 6.45) is 0.262. The molecule has 0 saturated carbocycles. The number of rotatable bonds is 5. The maximum Gasteiger partial charge on any atom is 0.410 e. The lowest BCUT2D eigenvalue weighted by Gasteiger charge is -2.36. The summed E-state index contributed by atoms with van der Waals surface area (Å²) in [5, 5.41) is 10.5. The monoisotopic (exact) mass is 381 g/mol. The van der Waals surface area contributed by atoms with E-state index in [9.17, 15) is 24.5 Å². The van der Waals surface area contributed by atoms with Crippen molar-refractivity contribution in [2.75, 3.05) is 6.54 Å². The lowest BCUT2D eigenvalue weighted by Crippen LogP contribution is -2.53. The summed E-state index contributed by atoms with van der Waals surface area (Å²) >= 11 is 1.12. The van der Waals surface area contributed by atoms with Gasteiger partial charge in [-0.25, -0.2) is 4.79 Å². The molecule has 1 aromatic rings. The van der Waals surface area contributed by atoms with Crippen LogP contribution in [-0.4, -0.2) is 44.8 Å². The van der Waals surface area contributed by atoms with Crippen molar-refractivity contribution in [2.45, 2.75) is 37.7 Å². The number of nitro benzene ring substituents is 1. The van der Waals surface area contributed by atoms with Gasteiger partial charge in [0.25, 0.3) is 5.69 Å². The van der Waals surface area contributed by atoms with E-state index in [4.69, 9.17) is 10.5 Å². The molecule has 0 spiro atoms. The Kier molecular flexibility index (Phi) is 6.56. The van der Waals surface area contributed by atoms with Gasteiger partial charge in [0.15, 0.2) is 5.12 Å². The zero-order chi connectivity index (χ0) is 19.3. The Bertz CT molecular complexity index is 708.